The van der Waals surface area contributed by atoms with E-state index in [-0.39, 0.29) is 5.78 Å². The third-order valence-corrected chi connectivity index (χ3v) is 5.02. The van der Waals surface area contributed by atoms with Gasteiger partial charge in [-0.3, -0.25) is 4.79 Å². The molecule has 0 radical (unpaired) electrons. The number of carbonyl (C=O) groups is 1. The van der Waals surface area contributed by atoms with Crippen LogP contribution in [-0.2, 0) is 6.61 Å². The first-order chi connectivity index (χ1) is 13.5. The second kappa shape index (κ2) is 7.53. The lowest BCUT2D eigenvalue weighted by Crippen LogP contribution is -2.00. The highest BCUT2D eigenvalue weighted by atomic mass is 35.5. The van der Waals surface area contributed by atoms with Crippen molar-refractivity contribution in [2.75, 3.05) is 0 Å². The quantitative estimate of drug-likeness (QED) is 0.501. The molecule has 140 valence electrons. The first kappa shape index (κ1) is 18.3. The monoisotopic (exact) mass is 390 g/mol. The molecule has 3 nitrogen and oxygen atoms in total. The molecular formula is C24H19ClO3. The van der Waals surface area contributed by atoms with Crippen molar-refractivity contribution >= 4 is 23.5 Å². The molecule has 1 aliphatic rings. The summed E-state index contributed by atoms with van der Waals surface area (Å²) in [6.07, 6.45) is 1.73. The zero-order valence-corrected chi connectivity index (χ0v) is 16.4. The Kier molecular flexibility index (Phi) is 4.93. The molecular weight excluding hydrogens is 372 g/mol. The number of halogens is 1. The molecule has 3 aromatic carbocycles. The predicted molar refractivity (Wildman–Crippen MR) is 111 cm³/mol. The van der Waals surface area contributed by atoms with Crippen molar-refractivity contribution in [2.24, 2.45) is 0 Å². The second-order valence-electron chi connectivity index (χ2n) is 6.82. The van der Waals surface area contributed by atoms with Gasteiger partial charge in [-0.1, -0.05) is 48.0 Å². The van der Waals surface area contributed by atoms with E-state index in [1.54, 1.807) is 24.3 Å². The average molecular weight is 391 g/mol. The van der Waals surface area contributed by atoms with Crippen molar-refractivity contribution in [1.82, 2.24) is 0 Å². The molecule has 0 N–H and O–H groups in total. The van der Waals surface area contributed by atoms with E-state index in [9.17, 15) is 4.79 Å². The molecule has 0 spiro atoms. The zero-order valence-electron chi connectivity index (χ0n) is 15.7. The van der Waals surface area contributed by atoms with Gasteiger partial charge in [0.2, 0.25) is 5.78 Å². The van der Waals surface area contributed by atoms with E-state index in [2.05, 4.69) is 13.0 Å². The number of Topliss-reactive ketones (excluding diaryl/α,β-unsaturated/α-hetero) is 1. The summed E-state index contributed by atoms with van der Waals surface area (Å²) in [4.78, 5) is 12.8. The Hall–Kier alpha value is -3.04. The molecule has 0 aliphatic carbocycles. The van der Waals surface area contributed by atoms with Gasteiger partial charge in [-0.2, -0.15) is 0 Å². The van der Waals surface area contributed by atoms with Gasteiger partial charge in [0.05, 0.1) is 5.56 Å². The van der Waals surface area contributed by atoms with Gasteiger partial charge in [-0.05, 0) is 60.4 Å². The molecule has 3 aromatic rings. The number of allylic oxidation sites excluding steroid dienone is 1. The Balaban J connectivity index is 1.57. The maximum atomic E-state index is 12.8. The normalized spacial score (nSPS) is 14.1. The third kappa shape index (κ3) is 3.67. The molecule has 0 aromatic heterocycles. The molecule has 0 saturated heterocycles. The van der Waals surface area contributed by atoms with Crippen LogP contribution in [0.3, 0.4) is 0 Å². The lowest BCUT2D eigenvalue weighted by atomic mass is 10.0. The lowest BCUT2D eigenvalue weighted by Gasteiger charge is -2.10. The van der Waals surface area contributed by atoms with E-state index in [0.717, 1.165) is 16.7 Å². The van der Waals surface area contributed by atoms with Gasteiger partial charge in [0.15, 0.2) is 5.76 Å². The summed E-state index contributed by atoms with van der Waals surface area (Å²) in [6.45, 7) is 4.42. The molecule has 0 bridgehead atoms. The maximum Gasteiger partial charge on any atom is 0.232 e. The van der Waals surface area contributed by atoms with Gasteiger partial charge in [0.25, 0.3) is 0 Å². The fourth-order valence-electron chi connectivity index (χ4n) is 3.20. The SMILES string of the molecule is Cc1ccccc1COc1cc(C)c2c(c1)O/C(=C\c1ccc(Cl)cc1)C2=O. The smallest absolute Gasteiger partial charge is 0.232 e. The van der Waals surface area contributed by atoms with E-state index in [1.165, 1.54) is 5.56 Å². The highest BCUT2D eigenvalue weighted by Gasteiger charge is 2.30. The van der Waals surface area contributed by atoms with Crippen LogP contribution in [0.4, 0.5) is 0 Å². The Labute approximate surface area is 169 Å². The first-order valence-corrected chi connectivity index (χ1v) is 9.41. The number of ketones is 1. The van der Waals surface area contributed by atoms with Crippen LogP contribution in [0.15, 0.2) is 66.4 Å². The number of carbonyl (C=O) groups excluding carboxylic acids is 1. The highest BCUT2D eigenvalue weighted by molar-refractivity contribution is 6.30. The largest absolute Gasteiger partial charge is 0.489 e. The van der Waals surface area contributed by atoms with Crippen molar-refractivity contribution in [3.05, 3.63) is 99.3 Å². The van der Waals surface area contributed by atoms with Crippen LogP contribution >= 0.6 is 11.6 Å². The number of benzene rings is 3. The Morgan fingerprint density at radius 2 is 1.75 bits per heavy atom. The number of hydrogen-bond donors (Lipinski definition) is 0. The van der Waals surface area contributed by atoms with Gasteiger partial charge < -0.3 is 9.47 Å². The fourth-order valence-corrected chi connectivity index (χ4v) is 3.33. The molecule has 28 heavy (non-hydrogen) atoms. The minimum absolute atomic E-state index is 0.118. The Bertz CT molecular complexity index is 1080. The minimum Gasteiger partial charge on any atom is -0.489 e. The van der Waals surface area contributed by atoms with Gasteiger partial charge >= 0.3 is 0 Å². The van der Waals surface area contributed by atoms with E-state index in [4.69, 9.17) is 21.1 Å². The summed E-state index contributed by atoms with van der Waals surface area (Å²) >= 11 is 5.92. The first-order valence-electron chi connectivity index (χ1n) is 9.03. The van der Waals surface area contributed by atoms with E-state index in [0.29, 0.717) is 34.5 Å². The van der Waals surface area contributed by atoms with Crippen molar-refractivity contribution in [3.63, 3.8) is 0 Å². The van der Waals surface area contributed by atoms with Crippen LogP contribution in [0.2, 0.25) is 5.02 Å². The summed E-state index contributed by atoms with van der Waals surface area (Å²) in [7, 11) is 0. The van der Waals surface area contributed by atoms with Crippen molar-refractivity contribution in [1.29, 1.82) is 0 Å². The number of ether oxygens (including phenoxy) is 2. The van der Waals surface area contributed by atoms with Crippen molar-refractivity contribution in [2.45, 2.75) is 20.5 Å². The molecule has 1 aliphatic heterocycles. The Morgan fingerprint density at radius 1 is 1.00 bits per heavy atom. The number of aryl methyl sites for hydroxylation is 2. The van der Waals surface area contributed by atoms with Crippen LogP contribution in [0, 0.1) is 13.8 Å². The summed E-state index contributed by atoms with van der Waals surface area (Å²) < 4.78 is 11.8. The number of rotatable bonds is 4. The second-order valence-corrected chi connectivity index (χ2v) is 7.26. The van der Waals surface area contributed by atoms with Crippen LogP contribution in [0.25, 0.3) is 6.08 Å². The van der Waals surface area contributed by atoms with Crippen LogP contribution in [-0.4, -0.2) is 5.78 Å². The molecule has 0 amide bonds. The highest BCUT2D eigenvalue weighted by Crippen LogP contribution is 2.37. The molecule has 0 saturated carbocycles. The number of hydrogen-bond acceptors (Lipinski definition) is 3. The summed E-state index contributed by atoms with van der Waals surface area (Å²) in [5, 5.41) is 0.649. The van der Waals surface area contributed by atoms with E-state index in [1.807, 2.05) is 43.3 Å². The predicted octanol–water partition coefficient (Wildman–Crippen LogP) is 6.15. The third-order valence-electron chi connectivity index (χ3n) is 4.77. The fraction of sp³-hybridized carbons (Fsp3) is 0.125. The molecule has 0 atom stereocenters. The van der Waals surface area contributed by atoms with Crippen molar-refractivity contribution < 1.29 is 14.3 Å². The standard InChI is InChI=1S/C24H19ClO3/c1-15-5-3-4-6-18(15)14-27-20-11-16(2)23-21(13-20)28-22(24(23)26)12-17-7-9-19(25)10-8-17/h3-13H,14H2,1-2H3/b22-12-. The zero-order chi connectivity index (χ0) is 19.7. The molecule has 4 rings (SSSR count). The van der Waals surface area contributed by atoms with E-state index >= 15 is 0 Å². The molecule has 4 heteroatoms. The summed E-state index contributed by atoms with van der Waals surface area (Å²) in [6, 6.07) is 19.0. The number of fused-ring (bicyclic) bond motifs is 1. The van der Waals surface area contributed by atoms with Crippen LogP contribution < -0.4 is 9.47 Å². The van der Waals surface area contributed by atoms with E-state index < -0.39 is 0 Å². The van der Waals surface area contributed by atoms with Crippen LogP contribution in [0.5, 0.6) is 11.5 Å². The van der Waals surface area contributed by atoms with Gasteiger partial charge in [-0.15, -0.1) is 0 Å². The molecule has 0 fully saturated rings. The average Bonchev–Trinajstić information content (AvgIpc) is 2.99. The molecule has 1 heterocycles. The minimum atomic E-state index is -0.118. The molecule has 0 unspecified atom stereocenters. The van der Waals surface area contributed by atoms with Crippen molar-refractivity contribution in [3.8, 4) is 11.5 Å². The maximum absolute atomic E-state index is 12.8. The van der Waals surface area contributed by atoms with Gasteiger partial charge in [0, 0.05) is 11.1 Å². The van der Waals surface area contributed by atoms with Gasteiger partial charge in [0.1, 0.15) is 18.1 Å². The Morgan fingerprint density at radius 3 is 2.50 bits per heavy atom. The van der Waals surface area contributed by atoms with Gasteiger partial charge in [-0.25, -0.2) is 0 Å². The summed E-state index contributed by atoms with van der Waals surface area (Å²) in [5.41, 5.74) is 4.58. The van der Waals surface area contributed by atoms with Crippen LogP contribution in [0.1, 0.15) is 32.6 Å². The topological polar surface area (TPSA) is 35.5 Å². The summed E-state index contributed by atoms with van der Waals surface area (Å²) in [5.74, 6) is 1.40. The lowest BCUT2D eigenvalue weighted by molar-refractivity contribution is 0.101.